The quantitative estimate of drug-likeness (QED) is 0.347. The number of halogens is 4. The molecule has 0 bridgehead atoms. The van der Waals surface area contributed by atoms with Gasteiger partial charge in [0.25, 0.3) is 0 Å². The largest absolute Gasteiger partial charge is 0.493 e. The van der Waals surface area contributed by atoms with Crippen LogP contribution in [0.2, 0.25) is 5.02 Å². The highest BCUT2D eigenvalue weighted by Gasteiger charge is 2.33. The molecular weight excluding hydrogens is 491 g/mol. The molecule has 3 rings (SSSR count). The van der Waals surface area contributed by atoms with Crippen LogP contribution >= 0.6 is 11.6 Å². The molecule has 1 aliphatic heterocycles. The molecule has 0 aromatic heterocycles. The summed E-state index contributed by atoms with van der Waals surface area (Å²) in [5.41, 5.74) is 3.16. The predicted octanol–water partition coefficient (Wildman–Crippen LogP) is 6.52. The van der Waals surface area contributed by atoms with Crippen molar-refractivity contribution in [3.05, 3.63) is 57.6 Å². The molecule has 2 N–H and O–H groups in total. The zero-order valence-corrected chi connectivity index (χ0v) is 21.9. The topological polar surface area (TPSA) is 53.6 Å². The summed E-state index contributed by atoms with van der Waals surface area (Å²) in [5.74, 6) is 0.809. The van der Waals surface area contributed by atoms with Crippen molar-refractivity contribution in [2.45, 2.75) is 58.7 Å². The van der Waals surface area contributed by atoms with Crippen molar-refractivity contribution in [2.75, 3.05) is 38.1 Å². The van der Waals surface area contributed by atoms with Crippen molar-refractivity contribution in [3.63, 3.8) is 0 Å². The first kappa shape index (κ1) is 28.1. The third-order valence-corrected chi connectivity index (χ3v) is 7.03. The molecule has 5 nitrogen and oxygen atoms in total. The number of alkyl halides is 3. The minimum Gasteiger partial charge on any atom is -0.493 e. The summed E-state index contributed by atoms with van der Waals surface area (Å²) in [7, 11) is 0. The smallest absolute Gasteiger partial charge is 0.417 e. The van der Waals surface area contributed by atoms with Crippen LogP contribution in [0.4, 0.5) is 18.9 Å². The number of amides is 1. The molecule has 1 saturated heterocycles. The highest BCUT2D eigenvalue weighted by atomic mass is 35.5. The average molecular weight is 526 g/mol. The van der Waals surface area contributed by atoms with Crippen molar-refractivity contribution < 1.29 is 22.7 Å². The number of benzene rings is 2. The summed E-state index contributed by atoms with van der Waals surface area (Å²) in [6.07, 6.45) is -0.467. The lowest BCUT2D eigenvalue weighted by molar-refractivity contribution is -0.137. The van der Waals surface area contributed by atoms with Gasteiger partial charge in [0.05, 0.1) is 17.2 Å². The van der Waals surface area contributed by atoms with Crippen LogP contribution in [0.3, 0.4) is 0 Å². The first-order valence-corrected chi connectivity index (χ1v) is 12.8. The maximum atomic E-state index is 13.2. The summed E-state index contributed by atoms with van der Waals surface area (Å²) in [6.45, 7) is 8.99. The Morgan fingerprint density at radius 2 is 1.92 bits per heavy atom. The average Bonchev–Trinajstić information content (AvgIpc) is 2.82. The van der Waals surface area contributed by atoms with Crippen LogP contribution in [-0.4, -0.2) is 43.6 Å². The van der Waals surface area contributed by atoms with Gasteiger partial charge in [-0.25, -0.2) is 0 Å². The van der Waals surface area contributed by atoms with Crippen LogP contribution in [0.25, 0.3) is 0 Å². The van der Waals surface area contributed by atoms with Gasteiger partial charge in [-0.2, -0.15) is 13.2 Å². The van der Waals surface area contributed by atoms with E-state index in [-0.39, 0.29) is 17.0 Å². The van der Waals surface area contributed by atoms with Gasteiger partial charge >= 0.3 is 6.18 Å². The SMILES string of the molecule is CC(=O)NCCCOc1ccc(C2CCCCN2CCNc2ccc(Cl)c(C(F)(F)F)c2)c(C)c1C. The van der Waals surface area contributed by atoms with E-state index in [1.807, 2.05) is 6.07 Å². The Morgan fingerprint density at radius 3 is 2.64 bits per heavy atom. The van der Waals surface area contributed by atoms with Crippen LogP contribution in [-0.2, 0) is 11.0 Å². The number of ether oxygens (including phenoxy) is 1. The van der Waals surface area contributed by atoms with E-state index in [1.165, 1.54) is 24.1 Å². The molecule has 0 radical (unpaired) electrons. The van der Waals surface area contributed by atoms with Gasteiger partial charge in [0.15, 0.2) is 0 Å². The summed E-state index contributed by atoms with van der Waals surface area (Å²) < 4.78 is 45.5. The van der Waals surface area contributed by atoms with Crippen molar-refractivity contribution in [3.8, 4) is 5.75 Å². The third-order valence-electron chi connectivity index (χ3n) is 6.70. The molecule has 1 heterocycles. The van der Waals surface area contributed by atoms with Gasteiger partial charge in [0, 0.05) is 38.3 Å². The molecule has 1 aliphatic rings. The standard InChI is InChI=1S/C27H35ClF3N3O2/c1-18-19(2)26(36-16-6-12-32-20(3)35)11-9-22(18)25-7-4-5-14-34(25)15-13-33-21-8-10-24(28)23(17-21)27(29,30)31/h8-11,17,25,33H,4-7,12-16H2,1-3H3,(H,32,35). The molecule has 0 spiro atoms. The van der Waals surface area contributed by atoms with Gasteiger partial charge in [-0.1, -0.05) is 24.1 Å². The summed E-state index contributed by atoms with van der Waals surface area (Å²) in [6, 6.07) is 8.34. The van der Waals surface area contributed by atoms with Crippen molar-refractivity contribution in [1.29, 1.82) is 0 Å². The van der Waals surface area contributed by atoms with Crippen LogP contribution in [0.5, 0.6) is 5.75 Å². The Bertz CT molecular complexity index is 1050. The molecule has 2 aromatic carbocycles. The second-order valence-corrected chi connectivity index (χ2v) is 9.66. The normalized spacial score (nSPS) is 16.6. The summed E-state index contributed by atoms with van der Waals surface area (Å²) in [4.78, 5) is 13.4. The van der Waals surface area contributed by atoms with Crippen LogP contribution in [0.15, 0.2) is 30.3 Å². The predicted molar refractivity (Wildman–Crippen MR) is 138 cm³/mol. The maximum absolute atomic E-state index is 13.2. The minimum absolute atomic E-state index is 0.0437. The van der Waals surface area contributed by atoms with Crippen LogP contribution in [0.1, 0.15) is 60.9 Å². The molecule has 1 amide bonds. The van der Waals surface area contributed by atoms with E-state index < -0.39 is 11.7 Å². The van der Waals surface area contributed by atoms with E-state index in [0.29, 0.717) is 31.9 Å². The minimum atomic E-state index is -4.48. The number of likely N-dealkylation sites (tertiary alicyclic amines) is 1. The molecule has 1 unspecified atom stereocenters. The summed E-state index contributed by atoms with van der Waals surface area (Å²) in [5, 5.41) is 5.60. The van der Waals surface area contributed by atoms with Crippen molar-refractivity contribution >= 4 is 23.2 Å². The van der Waals surface area contributed by atoms with Gasteiger partial charge in [0.2, 0.25) is 5.91 Å². The van der Waals surface area contributed by atoms with Gasteiger partial charge in [0.1, 0.15) is 5.75 Å². The number of rotatable bonds is 10. The number of nitrogens with one attached hydrogen (secondary N) is 2. The highest BCUT2D eigenvalue weighted by Crippen LogP contribution is 2.37. The first-order valence-electron chi connectivity index (χ1n) is 12.4. The fourth-order valence-electron chi connectivity index (χ4n) is 4.66. The molecule has 2 aromatic rings. The van der Waals surface area contributed by atoms with E-state index >= 15 is 0 Å². The number of hydrogen-bond donors (Lipinski definition) is 2. The number of nitrogens with zero attached hydrogens (tertiary/aromatic N) is 1. The monoisotopic (exact) mass is 525 g/mol. The Morgan fingerprint density at radius 1 is 1.14 bits per heavy atom. The number of carbonyl (C=O) groups excluding carboxylic acids is 1. The summed E-state index contributed by atoms with van der Waals surface area (Å²) >= 11 is 5.74. The van der Waals surface area contributed by atoms with E-state index in [2.05, 4.69) is 35.4 Å². The number of carbonyl (C=O) groups is 1. The van der Waals surface area contributed by atoms with Crippen molar-refractivity contribution in [1.82, 2.24) is 10.2 Å². The van der Waals surface area contributed by atoms with Gasteiger partial charge < -0.3 is 15.4 Å². The lowest BCUT2D eigenvalue weighted by atomic mass is 9.90. The Balaban J connectivity index is 1.62. The fraction of sp³-hybridized carbons (Fsp3) is 0.519. The lowest BCUT2D eigenvalue weighted by Gasteiger charge is -2.37. The fourth-order valence-corrected chi connectivity index (χ4v) is 4.88. The van der Waals surface area contributed by atoms with E-state index in [0.717, 1.165) is 49.6 Å². The number of piperidine rings is 1. The molecule has 1 atom stereocenters. The maximum Gasteiger partial charge on any atom is 0.417 e. The highest BCUT2D eigenvalue weighted by molar-refractivity contribution is 6.31. The van der Waals surface area contributed by atoms with Crippen LogP contribution in [0, 0.1) is 13.8 Å². The van der Waals surface area contributed by atoms with Gasteiger partial charge in [-0.3, -0.25) is 9.69 Å². The third kappa shape index (κ3) is 7.53. The number of hydrogen-bond acceptors (Lipinski definition) is 4. The molecule has 0 saturated carbocycles. The molecule has 0 aliphatic carbocycles. The number of anilines is 1. The first-order chi connectivity index (χ1) is 17.1. The molecule has 9 heteroatoms. The molecule has 36 heavy (non-hydrogen) atoms. The van der Waals surface area contributed by atoms with Crippen LogP contribution < -0.4 is 15.4 Å². The Hall–Kier alpha value is -2.45. The second-order valence-electron chi connectivity index (χ2n) is 9.25. The van der Waals surface area contributed by atoms with Gasteiger partial charge in [-0.15, -0.1) is 0 Å². The van der Waals surface area contributed by atoms with E-state index in [1.54, 1.807) is 6.07 Å². The van der Waals surface area contributed by atoms with E-state index in [4.69, 9.17) is 16.3 Å². The van der Waals surface area contributed by atoms with Gasteiger partial charge in [-0.05, 0) is 80.6 Å². The Kier molecular flexibility index (Phi) is 9.91. The molecular formula is C27H35ClF3N3O2. The second kappa shape index (κ2) is 12.7. The molecule has 1 fully saturated rings. The lowest BCUT2D eigenvalue weighted by Crippen LogP contribution is -2.37. The van der Waals surface area contributed by atoms with E-state index in [9.17, 15) is 18.0 Å². The Labute approximate surface area is 216 Å². The van der Waals surface area contributed by atoms with Crippen molar-refractivity contribution in [2.24, 2.45) is 0 Å². The molecule has 198 valence electrons. The zero-order chi connectivity index (χ0) is 26.3. The zero-order valence-electron chi connectivity index (χ0n) is 21.1.